The fourth-order valence-electron chi connectivity index (χ4n) is 0.798. The number of benzene rings is 1. The first kappa shape index (κ1) is 8.59. The van der Waals surface area contributed by atoms with Crippen molar-refractivity contribution in [3.63, 3.8) is 0 Å². The van der Waals surface area contributed by atoms with Gasteiger partial charge in [-0.1, -0.05) is 6.58 Å². The number of phenolic OH excluding ortho intramolecular Hbond substituents is 1. The van der Waals surface area contributed by atoms with E-state index < -0.39 is 5.82 Å². The average Bonchev–Trinajstić information content (AvgIpc) is 2.08. The van der Waals surface area contributed by atoms with Crippen molar-refractivity contribution < 1.29 is 14.2 Å². The van der Waals surface area contributed by atoms with E-state index >= 15 is 0 Å². The number of hydrogen-bond acceptors (Lipinski definition) is 2. The highest BCUT2D eigenvalue weighted by atomic mass is 19.1. The molecule has 0 aliphatic rings. The molecule has 0 bridgehead atoms. The molecule has 0 aromatic heterocycles. The van der Waals surface area contributed by atoms with Crippen LogP contribution in [-0.4, -0.2) is 12.2 Å². The Bertz CT molecular complexity index is 307. The zero-order valence-corrected chi connectivity index (χ0v) is 6.67. The number of methoxy groups -OCH3 is 1. The zero-order chi connectivity index (χ0) is 9.14. The smallest absolute Gasteiger partial charge is 0.165 e. The maximum atomic E-state index is 12.7. The first-order valence-electron chi connectivity index (χ1n) is 3.37. The SMILES string of the molecule is C=C(OC)c1ccc(O)c(F)c1. The molecule has 0 heterocycles. The molecule has 1 aromatic carbocycles. The third-order valence-electron chi connectivity index (χ3n) is 1.52. The second-order valence-electron chi connectivity index (χ2n) is 2.29. The third-order valence-corrected chi connectivity index (χ3v) is 1.52. The summed E-state index contributed by atoms with van der Waals surface area (Å²) < 4.78 is 17.5. The molecule has 64 valence electrons. The largest absolute Gasteiger partial charge is 0.505 e. The summed E-state index contributed by atoms with van der Waals surface area (Å²) in [7, 11) is 1.45. The van der Waals surface area contributed by atoms with Gasteiger partial charge < -0.3 is 9.84 Å². The van der Waals surface area contributed by atoms with Gasteiger partial charge >= 0.3 is 0 Å². The van der Waals surface area contributed by atoms with E-state index in [1.807, 2.05) is 0 Å². The highest BCUT2D eigenvalue weighted by Crippen LogP contribution is 2.20. The summed E-state index contributed by atoms with van der Waals surface area (Å²) in [5, 5.41) is 8.85. The Morgan fingerprint density at radius 1 is 1.58 bits per heavy atom. The number of ether oxygens (including phenoxy) is 1. The van der Waals surface area contributed by atoms with E-state index in [0.717, 1.165) is 0 Å². The van der Waals surface area contributed by atoms with E-state index in [-0.39, 0.29) is 5.75 Å². The van der Waals surface area contributed by atoms with Crippen LogP contribution in [0.5, 0.6) is 5.75 Å². The van der Waals surface area contributed by atoms with Gasteiger partial charge in [-0.2, -0.15) is 0 Å². The minimum atomic E-state index is -0.675. The lowest BCUT2D eigenvalue weighted by Gasteiger charge is -2.04. The van der Waals surface area contributed by atoms with Crippen LogP contribution in [0.3, 0.4) is 0 Å². The molecule has 0 unspecified atom stereocenters. The van der Waals surface area contributed by atoms with Crippen LogP contribution < -0.4 is 0 Å². The molecule has 0 saturated carbocycles. The molecule has 0 saturated heterocycles. The molecule has 0 spiro atoms. The predicted molar refractivity (Wildman–Crippen MR) is 44.1 cm³/mol. The van der Waals surface area contributed by atoms with Crippen molar-refractivity contribution in [3.05, 3.63) is 36.2 Å². The molecular weight excluding hydrogens is 159 g/mol. The number of hydrogen-bond donors (Lipinski definition) is 1. The van der Waals surface area contributed by atoms with Gasteiger partial charge in [0.05, 0.1) is 7.11 Å². The standard InChI is InChI=1S/C9H9FO2/c1-6(12-2)7-3-4-9(11)8(10)5-7/h3-5,11H,1H2,2H3. The summed E-state index contributed by atoms with van der Waals surface area (Å²) in [6.45, 7) is 3.54. The summed E-state index contributed by atoms with van der Waals surface area (Å²) in [6, 6.07) is 3.96. The fourth-order valence-corrected chi connectivity index (χ4v) is 0.798. The highest BCUT2D eigenvalue weighted by Gasteiger charge is 2.03. The molecule has 2 nitrogen and oxygen atoms in total. The van der Waals surface area contributed by atoms with E-state index in [1.54, 1.807) is 0 Å². The normalized spacial score (nSPS) is 9.50. The lowest BCUT2D eigenvalue weighted by atomic mass is 10.2. The average molecular weight is 168 g/mol. The summed E-state index contributed by atoms with van der Waals surface area (Å²) in [5.74, 6) is -0.678. The zero-order valence-electron chi connectivity index (χ0n) is 6.67. The van der Waals surface area contributed by atoms with E-state index in [1.165, 1.54) is 25.3 Å². The van der Waals surface area contributed by atoms with Crippen molar-refractivity contribution in [1.82, 2.24) is 0 Å². The van der Waals surface area contributed by atoms with E-state index in [2.05, 4.69) is 6.58 Å². The summed E-state index contributed by atoms with van der Waals surface area (Å²) in [5.41, 5.74) is 0.521. The van der Waals surface area contributed by atoms with E-state index in [4.69, 9.17) is 9.84 Å². The summed E-state index contributed by atoms with van der Waals surface area (Å²) in [6.07, 6.45) is 0. The van der Waals surface area contributed by atoms with Crippen LogP contribution >= 0.6 is 0 Å². The lowest BCUT2D eigenvalue weighted by Crippen LogP contribution is -1.86. The van der Waals surface area contributed by atoms with Gasteiger partial charge in [-0.25, -0.2) is 4.39 Å². The minimum absolute atomic E-state index is 0.369. The van der Waals surface area contributed by atoms with Gasteiger partial charge in [0, 0.05) is 5.56 Å². The van der Waals surface area contributed by atoms with E-state index in [9.17, 15) is 4.39 Å². The maximum absolute atomic E-state index is 12.7. The van der Waals surface area contributed by atoms with Crippen molar-refractivity contribution in [2.24, 2.45) is 0 Å². The second-order valence-corrected chi connectivity index (χ2v) is 2.29. The Morgan fingerprint density at radius 2 is 2.25 bits per heavy atom. The monoisotopic (exact) mass is 168 g/mol. The maximum Gasteiger partial charge on any atom is 0.165 e. The van der Waals surface area contributed by atoms with Crippen LogP contribution in [-0.2, 0) is 4.74 Å². The molecule has 0 atom stereocenters. The van der Waals surface area contributed by atoms with Crippen LogP contribution in [0, 0.1) is 5.82 Å². The van der Waals surface area contributed by atoms with Crippen molar-refractivity contribution in [3.8, 4) is 5.75 Å². The number of halogens is 1. The minimum Gasteiger partial charge on any atom is -0.505 e. The summed E-state index contributed by atoms with van der Waals surface area (Å²) in [4.78, 5) is 0. The Kier molecular flexibility index (Phi) is 2.33. The Morgan fingerprint density at radius 3 is 2.75 bits per heavy atom. The van der Waals surface area contributed by atoms with Crippen LogP contribution in [0.4, 0.5) is 4.39 Å². The lowest BCUT2D eigenvalue weighted by molar-refractivity contribution is 0.370. The molecule has 3 heteroatoms. The van der Waals surface area contributed by atoms with Crippen molar-refractivity contribution >= 4 is 5.76 Å². The number of rotatable bonds is 2. The van der Waals surface area contributed by atoms with Crippen LogP contribution in [0.1, 0.15) is 5.56 Å². The second kappa shape index (κ2) is 3.26. The first-order chi connectivity index (χ1) is 5.65. The number of aromatic hydroxyl groups is 1. The quantitative estimate of drug-likeness (QED) is 0.685. The van der Waals surface area contributed by atoms with Crippen molar-refractivity contribution in [2.75, 3.05) is 7.11 Å². The molecule has 1 N–H and O–H groups in total. The topological polar surface area (TPSA) is 29.5 Å². The Balaban J connectivity index is 3.05. The molecule has 0 radical (unpaired) electrons. The Hall–Kier alpha value is -1.51. The highest BCUT2D eigenvalue weighted by molar-refractivity contribution is 5.58. The molecule has 0 amide bonds. The van der Waals surface area contributed by atoms with Crippen molar-refractivity contribution in [2.45, 2.75) is 0 Å². The predicted octanol–water partition coefficient (Wildman–Crippen LogP) is 2.15. The van der Waals surface area contributed by atoms with Crippen LogP contribution in [0.15, 0.2) is 24.8 Å². The molecule has 0 aliphatic carbocycles. The molecule has 1 rings (SSSR count). The number of phenols is 1. The molecule has 1 aromatic rings. The first-order valence-corrected chi connectivity index (χ1v) is 3.37. The fraction of sp³-hybridized carbons (Fsp3) is 0.111. The Labute approximate surface area is 69.9 Å². The molecular formula is C9H9FO2. The summed E-state index contributed by atoms with van der Waals surface area (Å²) >= 11 is 0. The van der Waals surface area contributed by atoms with Gasteiger partial charge in [-0.15, -0.1) is 0 Å². The van der Waals surface area contributed by atoms with Crippen LogP contribution in [0.25, 0.3) is 5.76 Å². The van der Waals surface area contributed by atoms with Gasteiger partial charge in [-0.3, -0.25) is 0 Å². The van der Waals surface area contributed by atoms with Gasteiger partial charge in [0.1, 0.15) is 5.76 Å². The van der Waals surface area contributed by atoms with Crippen molar-refractivity contribution in [1.29, 1.82) is 0 Å². The van der Waals surface area contributed by atoms with Crippen LogP contribution in [0.2, 0.25) is 0 Å². The van der Waals surface area contributed by atoms with Gasteiger partial charge in [0.15, 0.2) is 11.6 Å². The third kappa shape index (κ3) is 1.56. The molecule has 0 aliphatic heterocycles. The molecule has 0 fully saturated rings. The molecule has 12 heavy (non-hydrogen) atoms. The van der Waals surface area contributed by atoms with Gasteiger partial charge in [-0.05, 0) is 18.2 Å². The van der Waals surface area contributed by atoms with Gasteiger partial charge in [0.2, 0.25) is 0 Å². The van der Waals surface area contributed by atoms with E-state index in [0.29, 0.717) is 11.3 Å². The van der Waals surface area contributed by atoms with Gasteiger partial charge in [0.25, 0.3) is 0 Å².